The molecule has 0 aromatic heterocycles. The molecular formula is C20H13Cl2N3O4S. The Balaban J connectivity index is 1.77. The van der Waals surface area contributed by atoms with E-state index in [9.17, 15) is 14.9 Å². The van der Waals surface area contributed by atoms with E-state index < -0.39 is 10.9 Å². The molecule has 2 N–H and O–H groups in total. The van der Waals surface area contributed by atoms with Gasteiger partial charge >= 0.3 is 5.97 Å². The summed E-state index contributed by atoms with van der Waals surface area (Å²) >= 11 is 13.0. The maximum Gasteiger partial charge on any atom is 0.337 e. The summed E-state index contributed by atoms with van der Waals surface area (Å²) in [6, 6.07) is 16.1. The fraction of sp³-hybridized carbons (Fsp3) is 0. The predicted octanol–water partition coefficient (Wildman–Crippen LogP) is 6.20. The summed E-state index contributed by atoms with van der Waals surface area (Å²) in [6.07, 6.45) is 1.40. The third-order valence-corrected chi connectivity index (χ3v) is 5.48. The highest BCUT2D eigenvalue weighted by Crippen LogP contribution is 2.35. The van der Waals surface area contributed by atoms with Crippen LogP contribution in [0.5, 0.6) is 0 Å². The summed E-state index contributed by atoms with van der Waals surface area (Å²) in [7, 11) is 0. The molecular weight excluding hydrogens is 449 g/mol. The van der Waals surface area contributed by atoms with Crippen molar-refractivity contribution in [1.82, 2.24) is 0 Å². The molecule has 7 nitrogen and oxygen atoms in total. The van der Waals surface area contributed by atoms with Crippen molar-refractivity contribution in [3.05, 3.63) is 92.0 Å². The highest BCUT2D eigenvalue weighted by atomic mass is 35.5. The normalized spacial score (nSPS) is 10.9. The van der Waals surface area contributed by atoms with Crippen molar-refractivity contribution >= 4 is 58.5 Å². The molecule has 0 fully saturated rings. The van der Waals surface area contributed by atoms with E-state index in [0.29, 0.717) is 21.2 Å². The van der Waals surface area contributed by atoms with E-state index in [1.807, 2.05) is 0 Å². The molecule has 0 saturated heterocycles. The van der Waals surface area contributed by atoms with Crippen molar-refractivity contribution in [2.45, 2.75) is 9.79 Å². The molecule has 0 aliphatic rings. The van der Waals surface area contributed by atoms with Crippen LogP contribution in [0, 0.1) is 10.1 Å². The maximum absolute atomic E-state index is 11.5. The van der Waals surface area contributed by atoms with Crippen molar-refractivity contribution < 1.29 is 14.8 Å². The van der Waals surface area contributed by atoms with Gasteiger partial charge in [-0.25, -0.2) is 4.79 Å². The topological polar surface area (TPSA) is 105 Å². The van der Waals surface area contributed by atoms with Crippen LogP contribution in [-0.4, -0.2) is 22.2 Å². The molecule has 152 valence electrons. The molecule has 10 heteroatoms. The number of nitro benzene ring substituents is 1. The second-order valence-electron chi connectivity index (χ2n) is 5.91. The van der Waals surface area contributed by atoms with Gasteiger partial charge < -0.3 is 5.11 Å². The molecule has 0 saturated carbocycles. The Labute approximate surface area is 185 Å². The first-order chi connectivity index (χ1) is 14.3. The third kappa shape index (κ3) is 5.50. The molecule has 0 unspecified atom stereocenters. The molecule has 3 rings (SSSR count). The van der Waals surface area contributed by atoms with E-state index in [-0.39, 0.29) is 16.3 Å². The lowest BCUT2D eigenvalue weighted by atomic mass is 10.2. The minimum atomic E-state index is -1.16. The molecule has 30 heavy (non-hydrogen) atoms. The number of hydrazone groups is 1. The van der Waals surface area contributed by atoms with Crippen LogP contribution in [0.25, 0.3) is 0 Å². The smallest absolute Gasteiger partial charge is 0.337 e. The largest absolute Gasteiger partial charge is 0.478 e. The zero-order valence-electron chi connectivity index (χ0n) is 15.1. The van der Waals surface area contributed by atoms with E-state index >= 15 is 0 Å². The first kappa shape index (κ1) is 21.6. The van der Waals surface area contributed by atoms with Gasteiger partial charge in [0.15, 0.2) is 0 Å². The number of hydrogen-bond donors (Lipinski definition) is 2. The van der Waals surface area contributed by atoms with Gasteiger partial charge in [-0.05, 0) is 48.5 Å². The number of benzene rings is 3. The highest BCUT2D eigenvalue weighted by molar-refractivity contribution is 7.99. The van der Waals surface area contributed by atoms with Crippen LogP contribution in [0.15, 0.2) is 75.6 Å². The molecule has 3 aromatic carbocycles. The quantitative estimate of drug-likeness (QED) is 0.246. The number of carboxylic acid groups (broad SMARTS) is 1. The van der Waals surface area contributed by atoms with Crippen LogP contribution in [0.3, 0.4) is 0 Å². The molecule has 0 atom stereocenters. The van der Waals surface area contributed by atoms with E-state index in [2.05, 4.69) is 10.5 Å². The average Bonchev–Trinajstić information content (AvgIpc) is 2.71. The molecule has 3 aromatic rings. The Bertz CT molecular complexity index is 1140. The summed E-state index contributed by atoms with van der Waals surface area (Å²) in [5.41, 5.74) is 3.48. The van der Waals surface area contributed by atoms with Crippen molar-refractivity contribution in [1.29, 1.82) is 0 Å². The molecule has 0 aliphatic carbocycles. The molecule has 0 amide bonds. The summed E-state index contributed by atoms with van der Waals surface area (Å²) in [5, 5.41) is 25.3. The first-order valence-corrected chi connectivity index (χ1v) is 9.94. The Morgan fingerprint density at radius 3 is 2.50 bits per heavy atom. The molecule has 0 heterocycles. The zero-order chi connectivity index (χ0) is 21.7. The van der Waals surface area contributed by atoms with Crippen LogP contribution < -0.4 is 5.43 Å². The molecule has 0 aliphatic heterocycles. The number of carbonyl (C=O) groups is 1. The summed E-state index contributed by atoms with van der Waals surface area (Å²) in [4.78, 5) is 23.5. The average molecular weight is 462 g/mol. The number of hydrogen-bond acceptors (Lipinski definition) is 6. The first-order valence-electron chi connectivity index (χ1n) is 8.37. The highest BCUT2D eigenvalue weighted by Gasteiger charge is 2.15. The number of nitrogens with zero attached hydrogens (tertiary/aromatic N) is 2. The van der Waals surface area contributed by atoms with Gasteiger partial charge in [0, 0.05) is 21.5 Å². The number of nitro groups is 1. The Morgan fingerprint density at radius 1 is 1.10 bits per heavy atom. The van der Waals surface area contributed by atoms with Crippen LogP contribution in [0.4, 0.5) is 11.4 Å². The fourth-order valence-corrected chi connectivity index (χ4v) is 3.64. The lowest BCUT2D eigenvalue weighted by Gasteiger charge is -2.05. The standard InChI is InChI=1S/C20H13Cl2N3O4S/c21-13-2-5-15(6-3-13)30-19-8-1-12(9-18(19)25(28)29)11-23-24-14-4-7-17(22)16(10-14)20(26)27/h1-11,24H,(H,26,27)/b23-11-. The van der Waals surface area contributed by atoms with E-state index in [1.165, 1.54) is 36.2 Å². The van der Waals surface area contributed by atoms with Gasteiger partial charge in [0.2, 0.25) is 0 Å². The monoisotopic (exact) mass is 461 g/mol. The fourth-order valence-electron chi connectivity index (χ4n) is 2.41. The van der Waals surface area contributed by atoms with Crippen LogP contribution in [0.2, 0.25) is 10.0 Å². The van der Waals surface area contributed by atoms with Gasteiger partial charge in [-0.1, -0.05) is 41.0 Å². The predicted molar refractivity (Wildman–Crippen MR) is 118 cm³/mol. The number of nitrogens with one attached hydrogen (secondary N) is 1. The minimum Gasteiger partial charge on any atom is -0.478 e. The summed E-state index contributed by atoms with van der Waals surface area (Å²) in [5.74, 6) is -1.16. The number of carboxylic acids is 1. The molecule has 0 bridgehead atoms. The number of aromatic carboxylic acids is 1. The van der Waals surface area contributed by atoms with E-state index in [4.69, 9.17) is 28.3 Å². The second-order valence-corrected chi connectivity index (χ2v) is 7.87. The van der Waals surface area contributed by atoms with Gasteiger partial charge in [0.25, 0.3) is 5.69 Å². The van der Waals surface area contributed by atoms with Crippen molar-refractivity contribution in [3.63, 3.8) is 0 Å². The van der Waals surface area contributed by atoms with Gasteiger partial charge in [-0.2, -0.15) is 5.10 Å². The van der Waals surface area contributed by atoms with E-state index in [0.717, 1.165) is 4.90 Å². The lowest BCUT2D eigenvalue weighted by Crippen LogP contribution is -1.99. The Kier molecular flexibility index (Phi) is 6.94. The SMILES string of the molecule is O=C(O)c1cc(N/N=C\c2ccc(Sc3ccc(Cl)cc3)c([N+](=O)[O-])c2)ccc1Cl. The third-order valence-electron chi connectivity index (χ3n) is 3.83. The van der Waals surface area contributed by atoms with Crippen LogP contribution in [-0.2, 0) is 0 Å². The summed E-state index contributed by atoms with van der Waals surface area (Å²) in [6.45, 7) is 0. The van der Waals surface area contributed by atoms with E-state index in [1.54, 1.807) is 42.5 Å². The second kappa shape index (κ2) is 9.62. The van der Waals surface area contributed by atoms with Crippen molar-refractivity contribution in [2.75, 3.05) is 5.43 Å². The van der Waals surface area contributed by atoms with Gasteiger partial charge in [-0.3, -0.25) is 15.5 Å². The number of anilines is 1. The zero-order valence-corrected chi connectivity index (χ0v) is 17.4. The molecule has 0 radical (unpaired) electrons. The van der Waals surface area contributed by atoms with Crippen LogP contribution >= 0.6 is 35.0 Å². The number of rotatable bonds is 7. The Morgan fingerprint density at radius 2 is 1.83 bits per heavy atom. The van der Waals surface area contributed by atoms with Crippen molar-refractivity contribution in [2.24, 2.45) is 5.10 Å². The minimum absolute atomic E-state index is 0.0569. The molecule has 0 spiro atoms. The maximum atomic E-state index is 11.5. The van der Waals surface area contributed by atoms with Crippen molar-refractivity contribution in [3.8, 4) is 0 Å². The lowest BCUT2D eigenvalue weighted by molar-refractivity contribution is -0.387. The summed E-state index contributed by atoms with van der Waals surface area (Å²) < 4.78 is 0. The van der Waals surface area contributed by atoms with Gasteiger partial charge in [0.05, 0.1) is 32.3 Å². The Hall–Kier alpha value is -3.07. The van der Waals surface area contributed by atoms with Gasteiger partial charge in [-0.15, -0.1) is 0 Å². The number of halogens is 2. The van der Waals surface area contributed by atoms with Gasteiger partial charge in [0.1, 0.15) is 0 Å². The van der Waals surface area contributed by atoms with Crippen LogP contribution in [0.1, 0.15) is 15.9 Å².